The van der Waals surface area contributed by atoms with Crippen LogP contribution in [-0.4, -0.2) is 16.4 Å². The maximum Gasteiger partial charge on any atom is 0.268 e. The minimum Gasteiger partial charge on any atom is -0.307 e. The van der Waals surface area contributed by atoms with Crippen molar-refractivity contribution in [1.29, 1.82) is 10.5 Å². The fourth-order valence-electron chi connectivity index (χ4n) is 7.76. The van der Waals surface area contributed by atoms with Gasteiger partial charge in [0, 0.05) is 21.9 Å². The highest BCUT2D eigenvalue weighted by Gasteiger charge is 2.39. The average molecular weight is 717 g/mol. The minimum atomic E-state index is -0.489. The first-order valence-corrected chi connectivity index (χ1v) is 17.5. The second-order valence-corrected chi connectivity index (χ2v) is 13.2. The highest BCUT2D eigenvalue weighted by molar-refractivity contribution is 6.36. The topological polar surface area (TPSA) is 98.6 Å². The Kier molecular flexibility index (Phi) is 7.81. The number of rotatable bonds is 5. The second-order valence-electron chi connectivity index (χ2n) is 13.2. The monoisotopic (exact) mass is 716 g/mol. The van der Waals surface area contributed by atoms with Gasteiger partial charge in [-0.1, -0.05) is 109 Å². The predicted molar refractivity (Wildman–Crippen MR) is 217 cm³/mol. The van der Waals surface area contributed by atoms with Crippen molar-refractivity contribution in [3.63, 3.8) is 0 Å². The van der Waals surface area contributed by atoms with Gasteiger partial charge in [-0.2, -0.15) is 10.5 Å². The number of anilines is 1. The minimum absolute atomic E-state index is 0.210. The number of para-hydroxylation sites is 2. The Morgan fingerprint density at radius 1 is 0.536 bits per heavy atom. The third kappa shape index (κ3) is 5.04. The number of carbonyl (C=O) groups excluding carboxylic acids is 2. The summed E-state index contributed by atoms with van der Waals surface area (Å²) in [6.07, 6.45) is 0. The molecule has 258 valence electrons. The van der Waals surface area contributed by atoms with E-state index in [4.69, 9.17) is 13.1 Å². The summed E-state index contributed by atoms with van der Waals surface area (Å²) in [5.74, 6) is -0.943. The maximum atomic E-state index is 14.8. The van der Waals surface area contributed by atoms with Crippen molar-refractivity contribution in [2.75, 3.05) is 4.90 Å². The lowest BCUT2D eigenvalue weighted by atomic mass is 9.96. The van der Waals surface area contributed by atoms with Gasteiger partial charge in [0.25, 0.3) is 11.8 Å². The molecule has 8 heteroatoms. The third-order valence-electron chi connectivity index (χ3n) is 10.3. The molecule has 0 atom stereocenters. The van der Waals surface area contributed by atoms with Crippen LogP contribution in [0.15, 0.2) is 146 Å². The van der Waals surface area contributed by atoms with Crippen molar-refractivity contribution in [2.24, 2.45) is 0 Å². The molecule has 2 heterocycles. The number of benzene rings is 7. The summed E-state index contributed by atoms with van der Waals surface area (Å²) in [6.45, 7) is 15.6. The van der Waals surface area contributed by atoms with Crippen LogP contribution < -0.4 is 4.90 Å². The van der Waals surface area contributed by atoms with Crippen LogP contribution in [0.2, 0.25) is 0 Å². The summed E-state index contributed by atoms with van der Waals surface area (Å²) in [7, 11) is 0. The van der Waals surface area contributed by atoms with Gasteiger partial charge in [-0.15, -0.1) is 0 Å². The molecule has 0 bridgehead atoms. The Hall–Kier alpha value is -8.56. The molecule has 8 nitrogen and oxygen atoms in total. The number of amides is 2. The Morgan fingerprint density at radius 3 is 1.84 bits per heavy atom. The zero-order valence-electron chi connectivity index (χ0n) is 29.4. The van der Waals surface area contributed by atoms with Crippen molar-refractivity contribution >= 4 is 50.7 Å². The molecular formula is C48H24N6O2. The van der Waals surface area contributed by atoms with Crippen LogP contribution in [-0.2, 0) is 0 Å². The number of nitrogens with zero attached hydrogens (tertiary/aromatic N) is 6. The predicted octanol–water partition coefficient (Wildman–Crippen LogP) is 11.4. The lowest BCUT2D eigenvalue weighted by Gasteiger charge is -2.17. The number of hydrogen-bond donors (Lipinski definition) is 0. The Balaban J connectivity index is 1.34. The largest absolute Gasteiger partial charge is 0.307 e. The Bertz CT molecular complexity index is 3040. The van der Waals surface area contributed by atoms with Gasteiger partial charge in [-0.25, -0.2) is 14.6 Å². The molecule has 1 aliphatic heterocycles. The molecule has 0 saturated carbocycles. The molecule has 1 aromatic heterocycles. The summed E-state index contributed by atoms with van der Waals surface area (Å²) in [5.41, 5.74) is 8.40. The van der Waals surface area contributed by atoms with Gasteiger partial charge in [0.15, 0.2) is 11.4 Å². The molecular weight excluding hydrogens is 693 g/mol. The molecule has 0 aliphatic carbocycles. The van der Waals surface area contributed by atoms with E-state index in [9.17, 15) is 20.1 Å². The van der Waals surface area contributed by atoms with Gasteiger partial charge in [0.1, 0.15) is 0 Å². The molecule has 56 heavy (non-hydrogen) atoms. The van der Waals surface area contributed by atoms with Gasteiger partial charge in [-0.05, 0) is 58.7 Å². The van der Waals surface area contributed by atoms with Crippen LogP contribution >= 0.6 is 0 Å². The summed E-state index contributed by atoms with van der Waals surface area (Å²) in [4.78, 5) is 37.5. The smallest absolute Gasteiger partial charge is 0.268 e. The lowest BCUT2D eigenvalue weighted by Crippen LogP contribution is -2.29. The quantitative estimate of drug-likeness (QED) is 0.131. The second kappa shape index (κ2) is 13.1. The fourth-order valence-corrected chi connectivity index (χ4v) is 7.76. The Morgan fingerprint density at radius 2 is 1.18 bits per heavy atom. The summed E-state index contributed by atoms with van der Waals surface area (Å²) in [6, 6.07) is 48.2. The third-order valence-corrected chi connectivity index (χ3v) is 10.3. The van der Waals surface area contributed by atoms with Gasteiger partial charge in [0.05, 0.1) is 69.9 Å². The molecule has 8 aromatic rings. The number of nitriles is 2. The van der Waals surface area contributed by atoms with E-state index >= 15 is 0 Å². The number of fused-ring (bicyclic) bond motifs is 4. The van der Waals surface area contributed by atoms with Crippen molar-refractivity contribution < 1.29 is 9.59 Å². The van der Waals surface area contributed by atoms with Gasteiger partial charge in [0.2, 0.25) is 0 Å². The van der Waals surface area contributed by atoms with Gasteiger partial charge < -0.3 is 4.57 Å². The Labute approximate surface area is 321 Å². The fraction of sp³-hybridized carbons (Fsp3) is 0. The van der Waals surface area contributed by atoms with Crippen LogP contribution in [0, 0.1) is 35.8 Å². The van der Waals surface area contributed by atoms with Gasteiger partial charge >= 0.3 is 0 Å². The first-order chi connectivity index (χ1) is 27.4. The zero-order valence-corrected chi connectivity index (χ0v) is 29.4. The highest BCUT2D eigenvalue weighted by atomic mass is 16.2. The van der Waals surface area contributed by atoms with E-state index in [-0.39, 0.29) is 16.8 Å². The molecule has 0 saturated heterocycles. The first-order valence-electron chi connectivity index (χ1n) is 17.5. The summed E-state index contributed by atoms with van der Waals surface area (Å²) < 4.78 is 1.96. The van der Waals surface area contributed by atoms with E-state index in [2.05, 4.69) is 21.8 Å². The van der Waals surface area contributed by atoms with E-state index in [0.717, 1.165) is 21.9 Å². The number of aromatic nitrogens is 1. The molecule has 0 radical (unpaired) electrons. The molecule has 7 aromatic carbocycles. The van der Waals surface area contributed by atoms with Crippen molar-refractivity contribution in [1.82, 2.24) is 4.57 Å². The average Bonchev–Trinajstić information content (AvgIpc) is 3.74. The highest BCUT2D eigenvalue weighted by Crippen LogP contribution is 2.46. The molecule has 1 aliphatic rings. The normalized spacial score (nSPS) is 11.9. The van der Waals surface area contributed by atoms with Crippen LogP contribution in [0.1, 0.15) is 31.8 Å². The standard InChI is InChI=1S/C48H24N6O2/c1-51-33-20-24-36(42(26-33)52-2)38-12-7-14-40-39-13-6-11-37(35-23-17-29(27-49)25-32(35)28-50)45(39)54(46(38)40)43-16-8-15-41-44(43)48(56)53(47(41)55)34-21-18-31(19-22-34)30-9-4-3-5-10-30/h3-26H. The van der Waals surface area contributed by atoms with E-state index < -0.39 is 11.8 Å². The van der Waals surface area contributed by atoms with E-state index in [0.29, 0.717) is 61.5 Å². The van der Waals surface area contributed by atoms with E-state index in [1.54, 1.807) is 66.7 Å². The maximum absolute atomic E-state index is 14.8. The SMILES string of the molecule is [C-]#[N+]c1ccc(-c2cccc3c4cccc(-c5ccc(C#N)cc5C#N)c4n(-c4cccc5c4C(=O)N(c4ccc(-c6ccccc6)cc4)C5=O)c23)c([N+]#[C-])c1. The molecule has 9 rings (SSSR count). The van der Waals surface area contributed by atoms with Crippen molar-refractivity contribution in [2.45, 2.75) is 0 Å². The molecule has 0 spiro atoms. The number of imide groups is 1. The summed E-state index contributed by atoms with van der Waals surface area (Å²) >= 11 is 0. The van der Waals surface area contributed by atoms with Gasteiger partial charge in [-0.3, -0.25) is 9.59 Å². The van der Waals surface area contributed by atoms with Crippen molar-refractivity contribution in [3.05, 3.63) is 191 Å². The lowest BCUT2D eigenvalue weighted by molar-refractivity contribution is 0.0926. The molecule has 0 unspecified atom stereocenters. The van der Waals surface area contributed by atoms with E-state index in [1.807, 2.05) is 83.4 Å². The molecule has 2 amide bonds. The van der Waals surface area contributed by atoms with Crippen LogP contribution in [0.4, 0.5) is 17.1 Å². The van der Waals surface area contributed by atoms with E-state index in [1.165, 1.54) is 4.90 Å². The number of hydrogen-bond acceptors (Lipinski definition) is 4. The molecule has 0 N–H and O–H groups in total. The summed E-state index contributed by atoms with van der Waals surface area (Å²) in [5, 5.41) is 21.5. The molecule has 0 fully saturated rings. The zero-order chi connectivity index (χ0) is 38.5. The number of carbonyl (C=O) groups is 2. The van der Waals surface area contributed by atoms with Crippen molar-refractivity contribution in [3.8, 4) is 51.2 Å². The first kappa shape index (κ1) is 33.3. The van der Waals surface area contributed by atoms with Crippen LogP contribution in [0.3, 0.4) is 0 Å². The van der Waals surface area contributed by atoms with Crippen LogP contribution in [0.25, 0.3) is 70.6 Å². The van der Waals surface area contributed by atoms with Crippen LogP contribution in [0.5, 0.6) is 0 Å².